The predicted octanol–water partition coefficient (Wildman–Crippen LogP) is 6.00. The lowest BCUT2D eigenvalue weighted by Crippen LogP contribution is -2.37. The number of aromatic nitrogens is 1. The molecular formula is C27H29ClN4. The Morgan fingerprint density at radius 1 is 0.875 bits per heavy atom. The van der Waals surface area contributed by atoms with Gasteiger partial charge in [-0.25, -0.2) is 0 Å². The highest BCUT2D eigenvalue weighted by atomic mass is 35.5. The second-order valence-electron chi connectivity index (χ2n) is 8.73. The second kappa shape index (κ2) is 9.85. The normalized spacial score (nSPS) is 19.8. The van der Waals surface area contributed by atoms with E-state index in [1.807, 2.05) is 24.4 Å². The van der Waals surface area contributed by atoms with Crippen LogP contribution in [0.15, 0.2) is 84.1 Å². The zero-order valence-electron chi connectivity index (χ0n) is 18.3. The highest BCUT2D eigenvalue weighted by Crippen LogP contribution is 2.38. The van der Waals surface area contributed by atoms with Crippen molar-refractivity contribution in [1.82, 2.24) is 9.88 Å². The quantitative estimate of drug-likeness (QED) is 0.467. The van der Waals surface area contributed by atoms with E-state index in [0.29, 0.717) is 5.92 Å². The Kier molecular flexibility index (Phi) is 6.51. The van der Waals surface area contributed by atoms with Gasteiger partial charge < -0.3 is 4.90 Å². The Hall–Kier alpha value is -2.69. The van der Waals surface area contributed by atoms with Crippen molar-refractivity contribution in [3.8, 4) is 0 Å². The maximum atomic E-state index is 6.15. The van der Waals surface area contributed by atoms with Crippen molar-refractivity contribution >= 4 is 23.0 Å². The van der Waals surface area contributed by atoms with Gasteiger partial charge in [0.05, 0.1) is 11.7 Å². The van der Waals surface area contributed by atoms with Crippen LogP contribution >= 0.6 is 11.6 Å². The van der Waals surface area contributed by atoms with Crippen LogP contribution < -0.4 is 5.01 Å². The van der Waals surface area contributed by atoms with Crippen LogP contribution in [0.4, 0.5) is 5.69 Å². The number of para-hydroxylation sites is 1. The monoisotopic (exact) mass is 444 g/mol. The van der Waals surface area contributed by atoms with Crippen LogP contribution in [0, 0.1) is 5.92 Å². The summed E-state index contributed by atoms with van der Waals surface area (Å²) in [7, 11) is 0. The molecule has 1 saturated heterocycles. The van der Waals surface area contributed by atoms with Gasteiger partial charge in [0, 0.05) is 47.9 Å². The minimum atomic E-state index is 0.229. The number of anilines is 1. The number of hydrazone groups is 1. The highest BCUT2D eigenvalue weighted by molar-refractivity contribution is 6.30. The minimum absolute atomic E-state index is 0.229. The summed E-state index contributed by atoms with van der Waals surface area (Å²) < 4.78 is 0. The number of halogens is 1. The van der Waals surface area contributed by atoms with Crippen molar-refractivity contribution in [2.45, 2.75) is 31.7 Å². The molecule has 5 heteroatoms. The third-order valence-corrected chi connectivity index (χ3v) is 6.93. The molecule has 2 aromatic carbocycles. The lowest BCUT2D eigenvalue weighted by molar-refractivity contribution is 0.210. The molecule has 1 atom stereocenters. The molecular weight excluding hydrogens is 416 g/mol. The topological polar surface area (TPSA) is 31.7 Å². The Labute approximate surface area is 195 Å². The van der Waals surface area contributed by atoms with Crippen LogP contribution in [0.1, 0.15) is 36.6 Å². The van der Waals surface area contributed by atoms with E-state index in [4.69, 9.17) is 16.7 Å². The van der Waals surface area contributed by atoms with Crippen molar-refractivity contribution < 1.29 is 0 Å². The summed E-state index contributed by atoms with van der Waals surface area (Å²) >= 11 is 6.15. The highest BCUT2D eigenvalue weighted by Gasteiger charge is 2.34. The van der Waals surface area contributed by atoms with Gasteiger partial charge in [0.2, 0.25) is 0 Å². The van der Waals surface area contributed by atoms with Gasteiger partial charge in [0.15, 0.2) is 0 Å². The average molecular weight is 445 g/mol. The molecule has 3 heterocycles. The van der Waals surface area contributed by atoms with Crippen LogP contribution in [0.3, 0.4) is 0 Å². The molecule has 32 heavy (non-hydrogen) atoms. The summed E-state index contributed by atoms with van der Waals surface area (Å²) in [5, 5.41) is 8.16. The molecule has 1 unspecified atom stereocenters. The van der Waals surface area contributed by atoms with Gasteiger partial charge in [-0.05, 0) is 67.9 Å². The summed E-state index contributed by atoms with van der Waals surface area (Å²) in [4.78, 5) is 7.04. The average Bonchev–Trinajstić information content (AvgIpc) is 3.30. The fourth-order valence-electron chi connectivity index (χ4n) is 4.85. The van der Waals surface area contributed by atoms with Gasteiger partial charge in [-0.3, -0.25) is 9.99 Å². The maximum absolute atomic E-state index is 6.15. The number of hydrogen-bond donors (Lipinski definition) is 0. The molecule has 0 radical (unpaired) electrons. The zero-order chi connectivity index (χ0) is 21.8. The van der Waals surface area contributed by atoms with Crippen LogP contribution in [0.5, 0.6) is 0 Å². The van der Waals surface area contributed by atoms with E-state index in [2.05, 4.69) is 69.5 Å². The first-order chi connectivity index (χ1) is 15.8. The SMILES string of the molecule is Clc1ccc(C2CC(C3CCN(CCc4ccccn4)CC3)=NN2c2ccccc2)cc1. The standard InChI is InChI=1S/C27H29ClN4/c28-23-11-9-22(10-12-23)27-20-26(30-32(27)25-7-2-1-3-8-25)21-13-17-31(18-14-21)19-15-24-6-4-5-16-29-24/h1-12,16,21,27H,13-15,17-20H2. The van der Waals surface area contributed by atoms with Gasteiger partial charge in [-0.2, -0.15) is 5.10 Å². The lowest BCUT2D eigenvalue weighted by atomic mass is 9.88. The first-order valence-electron chi connectivity index (χ1n) is 11.6. The van der Waals surface area contributed by atoms with E-state index < -0.39 is 0 Å². The summed E-state index contributed by atoms with van der Waals surface area (Å²) in [6.07, 6.45) is 6.24. The molecule has 1 aromatic heterocycles. The molecule has 0 saturated carbocycles. The molecule has 2 aliphatic rings. The van der Waals surface area contributed by atoms with Gasteiger partial charge >= 0.3 is 0 Å². The first kappa shape index (κ1) is 21.2. The van der Waals surface area contributed by atoms with E-state index >= 15 is 0 Å². The lowest BCUT2D eigenvalue weighted by Gasteiger charge is -2.31. The van der Waals surface area contributed by atoms with Gasteiger partial charge in [0.25, 0.3) is 0 Å². The van der Waals surface area contributed by atoms with Crippen molar-refractivity contribution in [3.63, 3.8) is 0 Å². The van der Waals surface area contributed by atoms with Crippen LogP contribution in [0.2, 0.25) is 5.02 Å². The number of piperidine rings is 1. The van der Waals surface area contributed by atoms with Crippen molar-refractivity contribution in [2.75, 3.05) is 24.6 Å². The Morgan fingerprint density at radius 3 is 2.34 bits per heavy atom. The number of rotatable bonds is 6. The van der Waals surface area contributed by atoms with E-state index in [9.17, 15) is 0 Å². The van der Waals surface area contributed by atoms with Crippen molar-refractivity contribution in [2.24, 2.45) is 11.0 Å². The number of pyridine rings is 1. The molecule has 0 amide bonds. The fraction of sp³-hybridized carbons (Fsp3) is 0.333. The second-order valence-corrected chi connectivity index (χ2v) is 9.17. The molecule has 0 N–H and O–H groups in total. The van der Waals surface area contributed by atoms with Crippen molar-refractivity contribution in [1.29, 1.82) is 0 Å². The summed E-state index contributed by atoms with van der Waals surface area (Å²) in [6.45, 7) is 3.35. The smallest absolute Gasteiger partial charge is 0.0828 e. The van der Waals surface area contributed by atoms with Crippen LogP contribution in [0.25, 0.3) is 0 Å². The molecule has 3 aromatic rings. The number of likely N-dealkylation sites (tertiary alicyclic amines) is 1. The first-order valence-corrected chi connectivity index (χ1v) is 11.9. The van der Waals surface area contributed by atoms with Crippen LogP contribution in [-0.4, -0.2) is 35.2 Å². The van der Waals surface area contributed by atoms with Gasteiger partial charge in [-0.1, -0.05) is 48.0 Å². The molecule has 0 aliphatic carbocycles. The number of nitrogens with zero attached hydrogens (tertiary/aromatic N) is 4. The Bertz CT molecular complexity index is 1030. The van der Waals surface area contributed by atoms with E-state index in [1.54, 1.807) is 0 Å². The molecule has 4 nitrogen and oxygen atoms in total. The zero-order valence-corrected chi connectivity index (χ0v) is 19.0. The Balaban J connectivity index is 1.26. The largest absolute Gasteiger partial charge is 0.303 e. The number of benzene rings is 2. The fourth-order valence-corrected chi connectivity index (χ4v) is 4.98. The maximum Gasteiger partial charge on any atom is 0.0828 e. The molecule has 1 fully saturated rings. The Morgan fingerprint density at radius 2 is 1.62 bits per heavy atom. The summed E-state index contributed by atoms with van der Waals surface area (Å²) in [5.74, 6) is 0.560. The minimum Gasteiger partial charge on any atom is -0.303 e. The van der Waals surface area contributed by atoms with Crippen LogP contribution in [-0.2, 0) is 6.42 Å². The molecule has 5 rings (SSSR count). The summed E-state index contributed by atoms with van der Waals surface area (Å²) in [5.41, 5.74) is 4.94. The molecule has 0 spiro atoms. The predicted molar refractivity (Wildman–Crippen MR) is 132 cm³/mol. The van der Waals surface area contributed by atoms with Gasteiger partial charge in [-0.15, -0.1) is 0 Å². The van der Waals surface area contributed by atoms with E-state index in [-0.39, 0.29) is 6.04 Å². The van der Waals surface area contributed by atoms with Gasteiger partial charge in [0.1, 0.15) is 0 Å². The third kappa shape index (κ3) is 4.87. The summed E-state index contributed by atoms with van der Waals surface area (Å²) in [6, 6.07) is 25.2. The third-order valence-electron chi connectivity index (χ3n) is 6.68. The number of hydrogen-bond acceptors (Lipinski definition) is 4. The van der Waals surface area contributed by atoms with E-state index in [1.165, 1.54) is 29.8 Å². The van der Waals surface area contributed by atoms with E-state index in [0.717, 1.165) is 43.2 Å². The molecule has 164 valence electrons. The van der Waals surface area contributed by atoms with Crippen molar-refractivity contribution in [3.05, 3.63) is 95.3 Å². The molecule has 0 bridgehead atoms. The molecule has 2 aliphatic heterocycles.